The van der Waals surface area contributed by atoms with Crippen molar-refractivity contribution in [3.8, 4) is 11.5 Å². The minimum Gasteiger partial charge on any atom is -0.497 e. The van der Waals surface area contributed by atoms with Gasteiger partial charge in [0.1, 0.15) is 11.5 Å². The number of methoxy groups -OCH3 is 2. The number of nitrogens with zero attached hydrogens (tertiary/aromatic N) is 2. The Bertz CT molecular complexity index is 854. The first-order chi connectivity index (χ1) is 14.0. The number of carbonyl (C=O) groups excluding carboxylic acids is 2. The molecular formula is C22H27N3O4. The number of amides is 2. The normalized spacial score (nSPS) is 13.8. The fourth-order valence-electron chi connectivity index (χ4n) is 3.35. The lowest BCUT2D eigenvalue weighted by Crippen LogP contribution is -2.51. The van der Waals surface area contributed by atoms with Crippen molar-refractivity contribution in [1.29, 1.82) is 0 Å². The number of nitrogens with one attached hydrogen (secondary N) is 1. The maximum Gasteiger partial charge on any atom is 0.251 e. The molecule has 7 nitrogen and oxygen atoms in total. The van der Waals surface area contributed by atoms with E-state index in [1.807, 2.05) is 6.07 Å². The monoisotopic (exact) mass is 397 g/mol. The van der Waals surface area contributed by atoms with E-state index in [2.05, 4.69) is 35.3 Å². The summed E-state index contributed by atoms with van der Waals surface area (Å²) < 4.78 is 10.4. The summed E-state index contributed by atoms with van der Waals surface area (Å²) in [6.45, 7) is 4.85. The number of rotatable bonds is 6. The highest BCUT2D eigenvalue weighted by molar-refractivity contribution is 5.97. The molecule has 0 spiro atoms. The van der Waals surface area contributed by atoms with Gasteiger partial charge in [-0.3, -0.25) is 9.59 Å². The molecule has 29 heavy (non-hydrogen) atoms. The lowest BCUT2D eigenvalue weighted by molar-refractivity contribution is -0.130. The Labute approximate surface area is 171 Å². The quantitative estimate of drug-likeness (QED) is 0.808. The van der Waals surface area contributed by atoms with E-state index in [9.17, 15) is 9.59 Å². The van der Waals surface area contributed by atoms with Crippen LogP contribution in [0.15, 0.2) is 42.5 Å². The number of piperazine rings is 1. The predicted octanol–water partition coefficient (Wildman–Crippen LogP) is 2.09. The molecule has 7 heteroatoms. The molecular weight excluding hydrogens is 370 g/mol. The fraction of sp³-hybridized carbons (Fsp3) is 0.364. The van der Waals surface area contributed by atoms with Crippen molar-refractivity contribution < 1.29 is 19.1 Å². The molecule has 2 aromatic carbocycles. The highest BCUT2D eigenvalue weighted by atomic mass is 16.5. The molecule has 0 aromatic heterocycles. The van der Waals surface area contributed by atoms with E-state index in [0.29, 0.717) is 30.2 Å². The summed E-state index contributed by atoms with van der Waals surface area (Å²) in [5, 5.41) is 2.69. The molecule has 1 N–H and O–H groups in total. The summed E-state index contributed by atoms with van der Waals surface area (Å²) in [4.78, 5) is 29.0. The van der Waals surface area contributed by atoms with Crippen LogP contribution < -0.4 is 19.7 Å². The Morgan fingerprint density at radius 2 is 1.62 bits per heavy atom. The van der Waals surface area contributed by atoms with Crippen LogP contribution in [0.5, 0.6) is 11.5 Å². The molecule has 2 aromatic rings. The number of ether oxygens (including phenoxy) is 2. The molecule has 0 atom stereocenters. The molecule has 0 unspecified atom stereocenters. The summed E-state index contributed by atoms with van der Waals surface area (Å²) in [6, 6.07) is 13.3. The summed E-state index contributed by atoms with van der Waals surface area (Å²) in [5.41, 5.74) is 2.79. The van der Waals surface area contributed by atoms with E-state index in [1.165, 1.54) is 25.5 Å². The fourth-order valence-corrected chi connectivity index (χ4v) is 3.35. The second-order valence-electron chi connectivity index (χ2n) is 6.99. The van der Waals surface area contributed by atoms with Crippen molar-refractivity contribution in [3.63, 3.8) is 0 Å². The Hall–Kier alpha value is -3.22. The van der Waals surface area contributed by atoms with Gasteiger partial charge in [0, 0.05) is 43.5 Å². The summed E-state index contributed by atoms with van der Waals surface area (Å²) in [6.07, 6.45) is 0. The smallest absolute Gasteiger partial charge is 0.251 e. The molecule has 2 amide bonds. The summed E-state index contributed by atoms with van der Waals surface area (Å²) in [5.74, 6) is 0.618. The maximum absolute atomic E-state index is 12.5. The molecule has 0 radical (unpaired) electrons. The zero-order valence-corrected chi connectivity index (χ0v) is 17.1. The molecule has 1 fully saturated rings. The number of carbonyl (C=O) groups is 2. The van der Waals surface area contributed by atoms with Crippen LogP contribution >= 0.6 is 0 Å². The first-order valence-corrected chi connectivity index (χ1v) is 9.61. The van der Waals surface area contributed by atoms with Crippen molar-refractivity contribution >= 4 is 17.5 Å². The Kier molecular flexibility index (Phi) is 6.59. The van der Waals surface area contributed by atoms with Gasteiger partial charge >= 0.3 is 0 Å². The SMILES string of the molecule is COc1cc(OC)cc(C(=O)NCC(=O)N2CCN(c3cccc(C)c3)CC2)c1. The van der Waals surface area contributed by atoms with Gasteiger partial charge in [-0.25, -0.2) is 0 Å². The van der Waals surface area contributed by atoms with Crippen molar-refractivity contribution in [1.82, 2.24) is 10.2 Å². The van der Waals surface area contributed by atoms with Crippen LogP contribution in [0.25, 0.3) is 0 Å². The summed E-state index contributed by atoms with van der Waals surface area (Å²) in [7, 11) is 3.05. The van der Waals surface area contributed by atoms with Crippen LogP contribution in [0.3, 0.4) is 0 Å². The van der Waals surface area contributed by atoms with Crippen molar-refractivity contribution in [2.75, 3.05) is 51.8 Å². The van der Waals surface area contributed by atoms with Gasteiger partial charge in [-0.15, -0.1) is 0 Å². The third kappa shape index (κ3) is 5.19. The minimum atomic E-state index is -0.339. The predicted molar refractivity (Wildman–Crippen MR) is 112 cm³/mol. The van der Waals surface area contributed by atoms with Gasteiger partial charge in [-0.05, 0) is 36.8 Å². The van der Waals surface area contributed by atoms with Gasteiger partial charge in [0.25, 0.3) is 5.91 Å². The van der Waals surface area contributed by atoms with Crippen molar-refractivity contribution in [3.05, 3.63) is 53.6 Å². The zero-order chi connectivity index (χ0) is 20.8. The van der Waals surface area contributed by atoms with Crippen molar-refractivity contribution in [2.45, 2.75) is 6.92 Å². The molecule has 1 saturated heterocycles. The van der Waals surface area contributed by atoms with Crippen LogP contribution in [-0.4, -0.2) is 63.7 Å². The lowest BCUT2D eigenvalue weighted by Gasteiger charge is -2.36. The van der Waals surface area contributed by atoms with E-state index >= 15 is 0 Å². The molecule has 154 valence electrons. The first kappa shape index (κ1) is 20.5. The number of hydrogen-bond acceptors (Lipinski definition) is 5. The van der Waals surface area contributed by atoms with Gasteiger partial charge in [0.05, 0.1) is 20.8 Å². The Morgan fingerprint density at radius 3 is 2.21 bits per heavy atom. The zero-order valence-electron chi connectivity index (χ0n) is 17.1. The third-order valence-electron chi connectivity index (χ3n) is 5.01. The van der Waals surface area contributed by atoms with Crippen molar-refractivity contribution in [2.24, 2.45) is 0 Å². The van der Waals surface area contributed by atoms with Gasteiger partial charge in [0.15, 0.2) is 0 Å². The standard InChI is InChI=1S/C22H27N3O4/c1-16-5-4-6-18(11-16)24-7-9-25(10-8-24)21(26)15-23-22(27)17-12-19(28-2)14-20(13-17)29-3/h4-6,11-14H,7-10,15H2,1-3H3,(H,23,27). The number of anilines is 1. The number of benzene rings is 2. The number of hydrogen-bond donors (Lipinski definition) is 1. The van der Waals surface area contributed by atoms with Crippen LogP contribution in [0, 0.1) is 6.92 Å². The topological polar surface area (TPSA) is 71.1 Å². The average molecular weight is 397 g/mol. The highest BCUT2D eigenvalue weighted by Gasteiger charge is 2.22. The molecule has 0 aliphatic carbocycles. The highest BCUT2D eigenvalue weighted by Crippen LogP contribution is 2.22. The van der Waals surface area contributed by atoms with E-state index in [0.717, 1.165) is 13.1 Å². The van der Waals surface area contributed by atoms with E-state index in [1.54, 1.807) is 23.1 Å². The minimum absolute atomic E-state index is 0.0389. The van der Waals surface area contributed by atoms with Crippen LogP contribution in [0.2, 0.25) is 0 Å². The molecule has 0 bridgehead atoms. The molecule has 1 heterocycles. The first-order valence-electron chi connectivity index (χ1n) is 9.61. The van der Waals surface area contributed by atoms with Gasteiger partial charge in [-0.2, -0.15) is 0 Å². The summed E-state index contributed by atoms with van der Waals surface area (Å²) >= 11 is 0. The average Bonchev–Trinajstić information content (AvgIpc) is 2.76. The molecule has 1 aliphatic rings. The lowest BCUT2D eigenvalue weighted by atomic mass is 10.2. The molecule has 3 rings (SSSR count). The van der Waals surface area contributed by atoms with E-state index in [4.69, 9.17) is 9.47 Å². The van der Waals surface area contributed by atoms with Crippen LogP contribution in [0.1, 0.15) is 15.9 Å². The number of aryl methyl sites for hydroxylation is 1. The van der Waals surface area contributed by atoms with Crippen LogP contribution in [-0.2, 0) is 4.79 Å². The second-order valence-corrected chi connectivity index (χ2v) is 6.99. The van der Waals surface area contributed by atoms with Gasteiger partial charge in [-0.1, -0.05) is 12.1 Å². The largest absolute Gasteiger partial charge is 0.497 e. The van der Waals surface area contributed by atoms with Gasteiger partial charge in [0.2, 0.25) is 5.91 Å². The third-order valence-corrected chi connectivity index (χ3v) is 5.01. The Morgan fingerprint density at radius 1 is 0.966 bits per heavy atom. The second kappa shape index (κ2) is 9.32. The van der Waals surface area contributed by atoms with E-state index < -0.39 is 0 Å². The van der Waals surface area contributed by atoms with Crippen LogP contribution in [0.4, 0.5) is 5.69 Å². The van der Waals surface area contributed by atoms with Gasteiger partial charge < -0.3 is 24.6 Å². The molecule has 0 saturated carbocycles. The Balaban J connectivity index is 1.52. The van der Waals surface area contributed by atoms with E-state index in [-0.39, 0.29) is 18.4 Å². The maximum atomic E-state index is 12.5. The molecule has 1 aliphatic heterocycles.